The Balaban J connectivity index is 1.95. The van der Waals surface area contributed by atoms with Crippen LogP contribution in [0.2, 0.25) is 0 Å². The lowest BCUT2D eigenvalue weighted by Gasteiger charge is -2.09. The first kappa shape index (κ1) is 11.7. The van der Waals surface area contributed by atoms with E-state index in [-0.39, 0.29) is 5.69 Å². The van der Waals surface area contributed by atoms with Crippen LogP contribution in [0, 0.1) is 11.3 Å². The van der Waals surface area contributed by atoms with E-state index in [0.29, 0.717) is 15.5 Å². The molecule has 0 spiro atoms. The number of pyridine rings is 1. The predicted octanol–water partition coefficient (Wildman–Crippen LogP) is 1.35. The summed E-state index contributed by atoms with van der Waals surface area (Å²) in [5.41, 5.74) is 0.342. The van der Waals surface area contributed by atoms with Crippen molar-refractivity contribution < 1.29 is 4.79 Å². The van der Waals surface area contributed by atoms with Crippen LogP contribution >= 0.6 is 15.9 Å². The van der Waals surface area contributed by atoms with Crippen molar-refractivity contribution in [1.29, 1.82) is 5.26 Å². The van der Waals surface area contributed by atoms with Gasteiger partial charge in [0.05, 0.1) is 22.9 Å². The topological polar surface area (TPSA) is 91.6 Å². The van der Waals surface area contributed by atoms with Crippen LogP contribution < -0.4 is 5.32 Å². The van der Waals surface area contributed by atoms with Crippen molar-refractivity contribution in [2.45, 2.75) is 5.54 Å². The zero-order valence-electron chi connectivity index (χ0n) is 9.46. The Morgan fingerprint density at radius 3 is 2.84 bits per heavy atom. The Morgan fingerprint density at radius 2 is 2.16 bits per heavy atom. The zero-order chi connectivity index (χ0) is 13.5. The lowest BCUT2D eigenvalue weighted by atomic mass is 10.2. The van der Waals surface area contributed by atoms with Gasteiger partial charge in [-0.25, -0.2) is 4.98 Å². The molecule has 92 valence electrons. The van der Waals surface area contributed by atoms with E-state index in [9.17, 15) is 4.79 Å². The number of halogens is 1. The Bertz CT molecular complexity index is 758. The van der Waals surface area contributed by atoms with Crippen LogP contribution in [-0.2, 0) is 0 Å². The van der Waals surface area contributed by atoms with E-state index in [2.05, 4.69) is 36.2 Å². The van der Waals surface area contributed by atoms with Gasteiger partial charge in [0.1, 0.15) is 16.7 Å². The van der Waals surface area contributed by atoms with Gasteiger partial charge in [-0.15, -0.1) is 0 Å². The third-order valence-electron chi connectivity index (χ3n) is 2.65. The summed E-state index contributed by atoms with van der Waals surface area (Å²) in [6, 6.07) is 1.99. The molecule has 0 bridgehead atoms. The third-order valence-corrected chi connectivity index (χ3v) is 3.23. The molecule has 6 nitrogen and oxygen atoms in total. The monoisotopic (exact) mass is 315 g/mol. The van der Waals surface area contributed by atoms with Gasteiger partial charge in [0, 0.05) is 6.20 Å². The van der Waals surface area contributed by atoms with Crippen molar-refractivity contribution in [1.82, 2.24) is 20.3 Å². The van der Waals surface area contributed by atoms with E-state index in [1.54, 1.807) is 24.5 Å². The number of fused-ring (bicyclic) bond motifs is 1. The number of carbonyl (C=O) groups is 1. The zero-order valence-corrected chi connectivity index (χ0v) is 11.0. The van der Waals surface area contributed by atoms with Crippen molar-refractivity contribution >= 4 is 32.9 Å². The van der Waals surface area contributed by atoms with Crippen LogP contribution in [-0.4, -0.2) is 26.4 Å². The van der Waals surface area contributed by atoms with E-state index >= 15 is 0 Å². The molecule has 0 aromatic carbocycles. The van der Waals surface area contributed by atoms with Crippen LogP contribution in [0.15, 0.2) is 35.2 Å². The van der Waals surface area contributed by atoms with Gasteiger partial charge in [-0.2, -0.15) is 5.26 Å². The van der Waals surface area contributed by atoms with E-state index in [1.165, 1.54) is 6.20 Å². The molecular formula is C12H6BrN5O. The molecule has 0 aliphatic heterocycles. The number of hydrogen-bond acceptors (Lipinski definition) is 5. The second-order valence-corrected chi connectivity index (χ2v) is 4.87. The molecule has 0 unspecified atom stereocenters. The number of nitriles is 1. The van der Waals surface area contributed by atoms with Gasteiger partial charge < -0.3 is 5.32 Å². The standard InChI is InChI=1S/C12H6BrN5O/c13-7-3-15-4-8-10(7)17-9(5-16-8)11(19)18-12(6-14)1-2-12/h1-5H,(H,18,19). The molecule has 0 saturated carbocycles. The minimum absolute atomic E-state index is 0.155. The second kappa shape index (κ2) is 4.10. The molecule has 7 heteroatoms. The normalized spacial score (nSPS) is 14.9. The fourth-order valence-corrected chi connectivity index (χ4v) is 1.94. The molecule has 0 saturated heterocycles. The van der Waals surface area contributed by atoms with E-state index in [4.69, 9.17) is 5.26 Å². The molecule has 2 heterocycles. The highest BCUT2D eigenvalue weighted by molar-refractivity contribution is 9.10. The van der Waals surface area contributed by atoms with E-state index < -0.39 is 11.4 Å². The van der Waals surface area contributed by atoms with Crippen molar-refractivity contribution in [3.8, 4) is 6.07 Å². The number of nitrogens with one attached hydrogen (secondary N) is 1. The third kappa shape index (κ3) is 2.06. The Kier molecular flexibility index (Phi) is 2.54. The lowest BCUT2D eigenvalue weighted by Crippen LogP contribution is -2.37. The van der Waals surface area contributed by atoms with Gasteiger partial charge in [-0.05, 0) is 28.1 Å². The highest BCUT2D eigenvalue weighted by atomic mass is 79.9. The summed E-state index contributed by atoms with van der Waals surface area (Å²) in [6.45, 7) is 0. The highest BCUT2D eigenvalue weighted by Crippen LogP contribution is 2.23. The lowest BCUT2D eigenvalue weighted by molar-refractivity contribution is 0.0940. The SMILES string of the molecule is N#CC1(NC(=O)c2cnc3cncc(Br)c3n2)C=C1. The fourth-order valence-electron chi connectivity index (χ4n) is 1.53. The van der Waals surface area contributed by atoms with Gasteiger partial charge >= 0.3 is 0 Å². The number of hydrogen-bond donors (Lipinski definition) is 1. The van der Waals surface area contributed by atoms with Crippen molar-refractivity contribution in [3.05, 3.63) is 40.9 Å². The first-order valence-electron chi connectivity index (χ1n) is 5.34. The number of carbonyl (C=O) groups excluding carboxylic acids is 1. The maximum absolute atomic E-state index is 12.0. The first-order chi connectivity index (χ1) is 9.13. The number of nitrogens with zero attached hydrogens (tertiary/aromatic N) is 4. The molecule has 0 radical (unpaired) electrons. The predicted molar refractivity (Wildman–Crippen MR) is 70.0 cm³/mol. The Labute approximate surface area is 116 Å². The van der Waals surface area contributed by atoms with Crippen molar-refractivity contribution in [2.75, 3.05) is 0 Å². The van der Waals surface area contributed by atoms with E-state index in [0.717, 1.165) is 0 Å². The van der Waals surface area contributed by atoms with Crippen LogP contribution in [0.1, 0.15) is 10.5 Å². The molecule has 2 aromatic rings. The quantitative estimate of drug-likeness (QED) is 0.844. The van der Waals surface area contributed by atoms with Gasteiger partial charge in [-0.3, -0.25) is 14.8 Å². The number of amides is 1. The average Bonchev–Trinajstić information content (AvgIpc) is 3.19. The van der Waals surface area contributed by atoms with Crippen molar-refractivity contribution in [2.24, 2.45) is 0 Å². The summed E-state index contributed by atoms with van der Waals surface area (Å²) in [5.74, 6) is -0.440. The Hall–Kier alpha value is -2.33. The minimum Gasteiger partial charge on any atom is -0.326 e. The molecule has 1 aliphatic rings. The summed E-state index contributed by atoms with van der Waals surface area (Å²) in [6.07, 6.45) is 7.73. The molecule has 3 rings (SSSR count). The fraction of sp³-hybridized carbons (Fsp3) is 0.0833. The molecule has 1 amide bonds. The summed E-state index contributed by atoms with van der Waals surface area (Å²) < 4.78 is 0.659. The van der Waals surface area contributed by atoms with Gasteiger partial charge in [0.15, 0.2) is 5.54 Å². The molecule has 1 N–H and O–H groups in total. The highest BCUT2D eigenvalue weighted by Gasteiger charge is 2.36. The van der Waals surface area contributed by atoms with Crippen LogP contribution in [0.25, 0.3) is 11.0 Å². The van der Waals surface area contributed by atoms with Gasteiger partial charge in [0.2, 0.25) is 0 Å². The molecule has 2 aromatic heterocycles. The smallest absolute Gasteiger partial charge is 0.273 e. The maximum Gasteiger partial charge on any atom is 0.273 e. The number of aromatic nitrogens is 3. The number of rotatable bonds is 2. The summed E-state index contributed by atoms with van der Waals surface area (Å²) in [7, 11) is 0. The molecule has 0 fully saturated rings. The molecule has 1 aliphatic carbocycles. The largest absolute Gasteiger partial charge is 0.326 e. The Morgan fingerprint density at radius 1 is 1.37 bits per heavy atom. The first-order valence-corrected chi connectivity index (χ1v) is 6.13. The summed E-state index contributed by atoms with van der Waals surface area (Å²) in [4.78, 5) is 24.3. The van der Waals surface area contributed by atoms with Crippen LogP contribution in [0.4, 0.5) is 0 Å². The second-order valence-electron chi connectivity index (χ2n) is 4.01. The summed E-state index contributed by atoms with van der Waals surface area (Å²) in [5, 5.41) is 11.5. The van der Waals surface area contributed by atoms with Gasteiger partial charge in [-0.1, -0.05) is 0 Å². The van der Waals surface area contributed by atoms with Gasteiger partial charge in [0.25, 0.3) is 5.91 Å². The molecular weight excluding hydrogens is 310 g/mol. The molecule has 0 atom stereocenters. The summed E-state index contributed by atoms with van der Waals surface area (Å²) >= 11 is 3.31. The van der Waals surface area contributed by atoms with Crippen molar-refractivity contribution in [3.63, 3.8) is 0 Å². The molecule has 19 heavy (non-hydrogen) atoms. The maximum atomic E-state index is 12.0. The van der Waals surface area contributed by atoms with E-state index in [1.807, 2.05) is 6.07 Å². The van der Waals surface area contributed by atoms with Crippen LogP contribution in [0.3, 0.4) is 0 Å². The minimum atomic E-state index is -0.955. The average molecular weight is 316 g/mol. The van der Waals surface area contributed by atoms with Crippen LogP contribution in [0.5, 0.6) is 0 Å².